The van der Waals surface area contributed by atoms with Gasteiger partial charge in [-0.05, 0) is 22.9 Å². The van der Waals surface area contributed by atoms with Gasteiger partial charge in [-0.25, -0.2) is 4.79 Å². The van der Waals surface area contributed by atoms with Crippen LogP contribution in [0, 0.1) is 0 Å². The summed E-state index contributed by atoms with van der Waals surface area (Å²) in [6, 6.07) is 0. The van der Waals surface area contributed by atoms with Crippen LogP contribution in [0.1, 0.15) is 33.5 Å². The molecule has 0 unspecified atom stereocenters. The number of aromatic carboxylic acids is 1. The number of carboxylic acid groups (broad SMARTS) is 1. The lowest BCUT2D eigenvalue weighted by atomic mass is 10.2. The number of aryl methyl sites for hydroxylation is 2. The monoisotopic (exact) mass is 355 g/mol. The van der Waals surface area contributed by atoms with E-state index in [1.54, 1.807) is 10.9 Å². The molecule has 2 aromatic heterocycles. The van der Waals surface area contributed by atoms with Crippen LogP contribution >= 0.6 is 15.9 Å². The molecule has 2 heterocycles. The second-order valence-electron chi connectivity index (χ2n) is 4.27. The lowest BCUT2D eigenvalue weighted by Gasteiger charge is -2.08. The third-order valence-corrected chi connectivity index (χ3v) is 3.66. The van der Waals surface area contributed by atoms with Crippen molar-refractivity contribution in [3.05, 3.63) is 33.8 Å². The van der Waals surface area contributed by atoms with Gasteiger partial charge in [0.15, 0.2) is 0 Å². The number of carbonyl (C=O) groups is 2. The van der Waals surface area contributed by atoms with Gasteiger partial charge in [-0.1, -0.05) is 0 Å². The second-order valence-corrected chi connectivity index (χ2v) is 5.13. The minimum absolute atomic E-state index is 0.0150. The summed E-state index contributed by atoms with van der Waals surface area (Å²) in [7, 11) is 1.52. The van der Waals surface area contributed by atoms with Gasteiger partial charge in [0.2, 0.25) is 0 Å². The number of halogens is 1. The van der Waals surface area contributed by atoms with Crippen LogP contribution in [0.25, 0.3) is 0 Å². The first-order chi connectivity index (χ1) is 9.95. The van der Waals surface area contributed by atoms with Gasteiger partial charge < -0.3 is 10.4 Å². The zero-order chi connectivity index (χ0) is 15.6. The summed E-state index contributed by atoms with van der Waals surface area (Å²) >= 11 is 3.36. The largest absolute Gasteiger partial charge is 0.478 e. The smallest absolute Gasteiger partial charge is 0.339 e. The van der Waals surface area contributed by atoms with Crippen molar-refractivity contribution >= 4 is 27.8 Å². The molecule has 2 aromatic rings. The Morgan fingerprint density at radius 2 is 2.10 bits per heavy atom. The molecule has 8 nitrogen and oxygen atoms in total. The third-order valence-electron chi connectivity index (χ3n) is 3.00. The maximum Gasteiger partial charge on any atom is 0.339 e. The van der Waals surface area contributed by atoms with Crippen LogP contribution in [-0.2, 0) is 20.1 Å². The maximum atomic E-state index is 12.2. The first kappa shape index (κ1) is 15.2. The van der Waals surface area contributed by atoms with Gasteiger partial charge in [0.05, 0.1) is 29.1 Å². The van der Waals surface area contributed by atoms with Crippen LogP contribution in [-0.4, -0.2) is 36.5 Å². The Bertz CT molecular complexity index is 691. The molecule has 0 aliphatic carbocycles. The quantitative estimate of drug-likeness (QED) is 0.833. The highest BCUT2D eigenvalue weighted by molar-refractivity contribution is 9.10. The Balaban J connectivity index is 2.18. The SMILES string of the molecule is CCn1ncc(Br)c1CNC(=O)c1c(C(=O)O)cnn1C. The van der Waals surface area contributed by atoms with Gasteiger partial charge in [-0.2, -0.15) is 10.2 Å². The zero-order valence-electron chi connectivity index (χ0n) is 11.5. The molecule has 21 heavy (non-hydrogen) atoms. The third kappa shape index (κ3) is 2.97. The molecule has 112 valence electrons. The van der Waals surface area contributed by atoms with Crippen molar-refractivity contribution in [2.75, 3.05) is 0 Å². The fourth-order valence-electron chi connectivity index (χ4n) is 1.95. The summed E-state index contributed by atoms with van der Waals surface area (Å²) in [6.07, 6.45) is 2.81. The molecule has 0 saturated carbocycles. The summed E-state index contributed by atoms with van der Waals surface area (Å²) in [5, 5.41) is 19.7. The van der Waals surface area contributed by atoms with E-state index in [1.807, 2.05) is 6.92 Å². The minimum atomic E-state index is -1.19. The Hall–Kier alpha value is -2.16. The van der Waals surface area contributed by atoms with Crippen molar-refractivity contribution < 1.29 is 14.7 Å². The molecular formula is C12H14BrN5O3. The summed E-state index contributed by atoms with van der Waals surface area (Å²) in [6.45, 7) is 2.84. The molecule has 0 aliphatic rings. The van der Waals surface area contributed by atoms with Crippen molar-refractivity contribution in [3.63, 3.8) is 0 Å². The lowest BCUT2D eigenvalue weighted by Crippen LogP contribution is -2.28. The molecule has 0 saturated heterocycles. The minimum Gasteiger partial charge on any atom is -0.478 e. The van der Waals surface area contributed by atoms with Crippen LogP contribution in [0.2, 0.25) is 0 Å². The molecule has 9 heteroatoms. The van der Waals surface area contributed by atoms with Crippen molar-refractivity contribution in [2.24, 2.45) is 7.05 Å². The number of rotatable bonds is 5. The second kappa shape index (κ2) is 6.08. The van der Waals surface area contributed by atoms with Crippen LogP contribution in [0.3, 0.4) is 0 Å². The lowest BCUT2D eigenvalue weighted by molar-refractivity contribution is 0.0690. The molecule has 0 atom stereocenters. The van der Waals surface area contributed by atoms with E-state index in [0.717, 1.165) is 16.4 Å². The van der Waals surface area contributed by atoms with Crippen molar-refractivity contribution in [3.8, 4) is 0 Å². The fraction of sp³-hybridized carbons (Fsp3) is 0.333. The van der Waals surface area contributed by atoms with E-state index in [4.69, 9.17) is 5.11 Å². The Morgan fingerprint density at radius 1 is 1.38 bits per heavy atom. The van der Waals surface area contributed by atoms with Gasteiger partial charge in [0.1, 0.15) is 11.3 Å². The zero-order valence-corrected chi connectivity index (χ0v) is 13.1. The molecule has 0 aliphatic heterocycles. The number of amides is 1. The standard InChI is InChI=1S/C12H14BrN5O3/c1-3-18-9(8(13)5-16-18)6-14-11(19)10-7(12(20)21)4-15-17(10)2/h4-5H,3,6H2,1-2H3,(H,14,19)(H,20,21). The Kier molecular flexibility index (Phi) is 4.41. The average molecular weight is 356 g/mol. The number of nitrogens with zero attached hydrogens (tertiary/aromatic N) is 4. The predicted molar refractivity (Wildman–Crippen MR) is 76.9 cm³/mol. The van der Waals surface area contributed by atoms with E-state index < -0.39 is 11.9 Å². The average Bonchev–Trinajstić information content (AvgIpc) is 2.99. The fourth-order valence-corrected chi connectivity index (χ4v) is 2.38. The van der Waals surface area contributed by atoms with E-state index in [9.17, 15) is 9.59 Å². The summed E-state index contributed by atoms with van der Waals surface area (Å²) in [5.41, 5.74) is 0.698. The molecule has 1 amide bonds. The van der Waals surface area contributed by atoms with Gasteiger partial charge in [-0.3, -0.25) is 14.2 Å². The predicted octanol–water partition coefficient (Wildman–Crippen LogP) is 1.03. The van der Waals surface area contributed by atoms with E-state index in [-0.39, 0.29) is 17.8 Å². The highest BCUT2D eigenvalue weighted by Gasteiger charge is 2.22. The van der Waals surface area contributed by atoms with Crippen LogP contribution in [0.5, 0.6) is 0 Å². The number of aromatic nitrogens is 4. The number of carbonyl (C=O) groups excluding carboxylic acids is 1. The summed E-state index contributed by atoms with van der Waals surface area (Å²) < 4.78 is 3.77. The first-order valence-corrected chi connectivity index (χ1v) is 6.98. The van der Waals surface area contributed by atoms with Crippen molar-refractivity contribution in [1.29, 1.82) is 0 Å². The highest BCUT2D eigenvalue weighted by Crippen LogP contribution is 2.16. The Morgan fingerprint density at radius 3 is 2.71 bits per heavy atom. The van der Waals surface area contributed by atoms with Gasteiger partial charge in [-0.15, -0.1) is 0 Å². The number of carboxylic acids is 1. The number of hydrogen-bond donors (Lipinski definition) is 2. The molecule has 0 aromatic carbocycles. The molecule has 0 spiro atoms. The van der Waals surface area contributed by atoms with Crippen LogP contribution in [0.4, 0.5) is 0 Å². The first-order valence-electron chi connectivity index (χ1n) is 6.19. The van der Waals surface area contributed by atoms with E-state index >= 15 is 0 Å². The Labute approximate surface area is 128 Å². The number of hydrogen-bond acceptors (Lipinski definition) is 4. The number of nitrogens with one attached hydrogen (secondary N) is 1. The molecular weight excluding hydrogens is 342 g/mol. The molecule has 2 N–H and O–H groups in total. The van der Waals surface area contributed by atoms with Crippen LogP contribution < -0.4 is 5.32 Å². The van der Waals surface area contributed by atoms with E-state index in [1.165, 1.54) is 11.7 Å². The van der Waals surface area contributed by atoms with Crippen molar-refractivity contribution in [2.45, 2.75) is 20.0 Å². The molecule has 2 rings (SSSR count). The summed E-state index contributed by atoms with van der Waals surface area (Å²) in [5.74, 6) is -1.68. The van der Waals surface area contributed by atoms with Gasteiger partial charge >= 0.3 is 5.97 Å². The van der Waals surface area contributed by atoms with E-state index in [0.29, 0.717) is 6.54 Å². The molecule has 0 fully saturated rings. The normalized spacial score (nSPS) is 10.6. The van der Waals surface area contributed by atoms with E-state index in [2.05, 4.69) is 31.4 Å². The van der Waals surface area contributed by atoms with Crippen LogP contribution in [0.15, 0.2) is 16.9 Å². The van der Waals surface area contributed by atoms with Gasteiger partial charge in [0, 0.05) is 13.6 Å². The highest BCUT2D eigenvalue weighted by atomic mass is 79.9. The molecule has 0 radical (unpaired) electrons. The summed E-state index contributed by atoms with van der Waals surface area (Å²) in [4.78, 5) is 23.2. The van der Waals surface area contributed by atoms with Gasteiger partial charge in [0.25, 0.3) is 5.91 Å². The maximum absolute atomic E-state index is 12.2. The molecule has 0 bridgehead atoms. The van der Waals surface area contributed by atoms with Crippen molar-refractivity contribution in [1.82, 2.24) is 24.9 Å². The topological polar surface area (TPSA) is 102 Å².